The van der Waals surface area contributed by atoms with Gasteiger partial charge in [-0.1, -0.05) is 0 Å². The van der Waals surface area contributed by atoms with Gasteiger partial charge in [-0.2, -0.15) is 0 Å². The summed E-state index contributed by atoms with van der Waals surface area (Å²) in [5.74, 6) is 0.0696. The molecule has 4 heteroatoms. The van der Waals surface area contributed by atoms with Crippen molar-refractivity contribution in [3.05, 3.63) is 0 Å². The van der Waals surface area contributed by atoms with Gasteiger partial charge in [0.05, 0.1) is 0 Å². The number of hydrogen-bond acceptors (Lipinski definition) is 2. The zero-order chi connectivity index (χ0) is 8.27. The van der Waals surface area contributed by atoms with Gasteiger partial charge in [0.15, 0.2) is 0 Å². The molecule has 1 atom stereocenters. The summed E-state index contributed by atoms with van der Waals surface area (Å²) in [6.07, 6.45) is 2.47. The van der Waals surface area contributed by atoms with Gasteiger partial charge in [0.2, 0.25) is 5.91 Å². The Morgan fingerprint density at radius 2 is 2.45 bits per heavy atom. The predicted octanol–water partition coefficient (Wildman–Crippen LogP) is -0.736. The maximum atomic E-state index is 10.8. The molecule has 1 aliphatic rings. The van der Waals surface area contributed by atoms with Gasteiger partial charge in [0.1, 0.15) is 0 Å². The molecule has 61 valence electrons. The van der Waals surface area contributed by atoms with Crippen LogP contribution in [-0.4, -0.2) is 36.3 Å². The van der Waals surface area contributed by atoms with Crippen LogP contribution in [-0.2, 0) is 9.59 Å². The average molecular weight is 155 g/mol. The van der Waals surface area contributed by atoms with E-state index in [9.17, 15) is 9.59 Å². The number of carbonyl (C=O) groups excluding carboxylic acids is 2. The third-order valence-corrected chi connectivity index (χ3v) is 1.90. The van der Waals surface area contributed by atoms with Gasteiger partial charge in [-0.05, 0) is 6.42 Å². The van der Waals surface area contributed by atoms with Crippen LogP contribution in [0.5, 0.6) is 0 Å². The lowest BCUT2D eigenvalue weighted by Gasteiger charge is -2.12. The van der Waals surface area contributed by atoms with Gasteiger partial charge in [0.25, 0.3) is 0 Å². The number of carbonyl (C=O) groups is 1. The Hall–Kier alpha value is -1.06. The van der Waals surface area contributed by atoms with E-state index < -0.39 is 0 Å². The molecule has 1 aliphatic heterocycles. The first-order chi connectivity index (χ1) is 5.24. The normalized spacial score (nSPS) is 23.4. The number of likely N-dealkylation sites (tertiary alicyclic amines) is 1. The zero-order valence-corrected chi connectivity index (χ0v) is 6.46. The first kappa shape index (κ1) is 8.04. The standard InChI is InChI=1S/C7H11N2O2/c1-6(11)9-3-2-7(4-9)8-5-10/h7H,2-4H2,1H3,(H,8,10). The highest BCUT2D eigenvalue weighted by molar-refractivity contribution is 5.73. The molecule has 0 bridgehead atoms. The second kappa shape index (κ2) is 3.37. The zero-order valence-electron chi connectivity index (χ0n) is 6.46. The maximum absolute atomic E-state index is 10.8. The van der Waals surface area contributed by atoms with Gasteiger partial charge < -0.3 is 10.2 Å². The van der Waals surface area contributed by atoms with Crippen LogP contribution in [0.1, 0.15) is 13.3 Å². The fourth-order valence-electron chi connectivity index (χ4n) is 1.25. The SMILES string of the molecule is CC(=O)N1CCC(N[C]=O)C1. The first-order valence-corrected chi connectivity index (χ1v) is 3.62. The van der Waals surface area contributed by atoms with Gasteiger partial charge >= 0.3 is 6.41 Å². The molecule has 1 fully saturated rings. The molecular formula is C7H11N2O2. The van der Waals surface area contributed by atoms with Crippen LogP contribution in [0.4, 0.5) is 0 Å². The molecule has 4 nitrogen and oxygen atoms in total. The third kappa shape index (κ3) is 1.93. The number of hydrogen-bond donors (Lipinski definition) is 1. The fourth-order valence-corrected chi connectivity index (χ4v) is 1.25. The number of amides is 2. The smallest absolute Gasteiger partial charge is 0.309 e. The summed E-state index contributed by atoms with van der Waals surface area (Å²) in [6, 6.07) is 0.108. The van der Waals surface area contributed by atoms with Gasteiger partial charge in [0, 0.05) is 26.1 Å². The molecule has 1 N–H and O–H groups in total. The summed E-state index contributed by atoms with van der Waals surface area (Å²) in [5, 5.41) is 2.53. The van der Waals surface area contributed by atoms with Crippen LogP contribution in [0, 0.1) is 0 Å². The van der Waals surface area contributed by atoms with E-state index in [0.717, 1.165) is 13.0 Å². The quantitative estimate of drug-likeness (QED) is 0.534. The molecular weight excluding hydrogens is 144 g/mol. The Labute approximate surface area is 65.6 Å². The van der Waals surface area contributed by atoms with E-state index in [-0.39, 0.29) is 11.9 Å². The number of nitrogens with one attached hydrogen (secondary N) is 1. The van der Waals surface area contributed by atoms with Crippen LogP contribution in [0.15, 0.2) is 0 Å². The Morgan fingerprint density at radius 1 is 1.73 bits per heavy atom. The molecule has 0 saturated carbocycles. The molecule has 1 rings (SSSR count). The molecule has 0 spiro atoms. The molecule has 0 aromatic heterocycles. The van der Waals surface area contributed by atoms with Crippen LogP contribution >= 0.6 is 0 Å². The van der Waals surface area contributed by atoms with Gasteiger partial charge in [-0.15, -0.1) is 0 Å². The second-order valence-electron chi connectivity index (χ2n) is 2.70. The lowest BCUT2D eigenvalue weighted by atomic mass is 10.3. The minimum absolute atomic E-state index is 0.0696. The van der Waals surface area contributed by atoms with Crippen molar-refractivity contribution in [1.82, 2.24) is 10.2 Å². The molecule has 2 amide bonds. The van der Waals surface area contributed by atoms with Crippen molar-refractivity contribution in [2.75, 3.05) is 13.1 Å². The Balaban J connectivity index is 2.34. The summed E-state index contributed by atoms with van der Waals surface area (Å²) in [6.45, 7) is 2.91. The van der Waals surface area contributed by atoms with Crippen LogP contribution in [0.2, 0.25) is 0 Å². The molecule has 0 aromatic carbocycles. The molecule has 1 saturated heterocycles. The maximum Gasteiger partial charge on any atom is 0.309 e. The largest absolute Gasteiger partial charge is 0.343 e. The Kier molecular flexibility index (Phi) is 2.46. The van der Waals surface area contributed by atoms with E-state index in [1.54, 1.807) is 11.3 Å². The minimum atomic E-state index is 0.0696. The number of nitrogens with zero attached hydrogens (tertiary/aromatic N) is 1. The van der Waals surface area contributed by atoms with Crippen LogP contribution in [0.25, 0.3) is 0 Å². The van der Waals surface area contributed by atoms with Crippen molar-refractivity contribution in [2.45, 2.75) is 19.4 Å². The Bertz CT molecular complexity index is 170. The third-order valence-electron chi connectivity index (χ3n) is 1.90. The first-order valence-electron chi connectivity index (χ1n) is 3.62. The van der Waals surface area contributed by atoms with Crippen LogP contribution in [0.3, 0.4) is 0 Å². The molecule has 11 heavy (non-hydrogen) atoms. The lowest BCUT2D eigenvalue weighted by molar-refractivity contribution is -0.127. The van der Waals surface area contributed by atoms with Gasteiger partial charge in [-0.3, -0.25) is 9.59 Å². The highest BCUT2D eigenvalue weighted by Crippen LogP contribution is 2.07. The highest BCUT2D eigenvalue weighted by Gasteiger charge is 2.23. The molecule has 0 aliphatic carbocycles. The lowest BCUT2D eigenvalue weighted by Crippen LogP contribution is -2.33. The topological polar surface area (TPSA) is 49.4 Å². The van der Waals surface area contributed by atoms with E-state index >= 15 is 0 Å². The summed E-state index contributed by atoms with van der Waals surface area (Å²) >= 11 is 0. The predicted molar refractivity (Wildman–Crippen MR) is 39.5 cm³/mol. The van der Waals surface area contributed by atoms with Gasteiger partial charge in [-0.25, -0.2) is 0 Å². The van der Waals surface area contributed by atoms with Crippen molar-refractivity contribution in [1.29, 1.82) is 0 Å². The van der Waals surface area contributed by atoms with E-state index in [1.807, 2.05) is 0 Å². The summed E-state index contributed by atoms with van der Waals surface area (Å²) in [7, 11) is 0. The van der Waals surface area contributed by atoms with Crippen molar-refractivity contribution >= 4 is 12.3 Å². The Morgan fingerprint density at radius 3 is 2.91 bits per heavy atom. The van der Waals surface area contributed by atoms with Crippen molar-refractivity contribution < 1.29 is 9.59 Å². The van der Waals surface area contributed by atoms with Crippen LogP contribution < -0.4 is 5.32 Å². The summed E-state index contributed by atoms with van der Waals surface area (Å²) in [4.78, 5) is 22.4. The summed E-state index contributed by atoms with van der Waals surface area (Å²) in [5.41, 5.74) is 0. The molecule has 1 unspecified atom stereocenters. The monoisotopic (exact) mass is 155 g/mol. The fraction of sp³-hybridized carbons (Fsp3) is 0.714. The average Bonchev–Trinajstić information content (AvgIpc) is 2.37. The molecule has 1 heterocycles. The van der Waals surface area contributed by atoms with Crippen molar-refractivity contribution in [3.63, 3.8) is 0 Å². The summed E-state index contributed by atoms with van der Waals surface area (Å²) < 4.78 is 0. The second-order valence-corrected chi connectivity index (χ2v) is 2.70. The van der Waals surface area contributed by atoms with E-state index in [0.29, 0.717) is 6.54 Å². The van der Waals surface area contributed by atoms with Crippen molar-refractivity contribution in [3.8, 4) is 0 Å². The molecule has 0 aromatic rings. The van der Waals surface area contributed by atoms with E-state index in [1.165, 1.54) is 6.92 Å². The van der Waals surface area contributed by atoms with E-state index in [2.05, 4.69) is 5.32 Å². The minimum Gasteiger partial charge on any atom is -0.343 e. The van der Waals surface area contributed by atoms with E-state index in [4.69, 9.17) is 0 Å². The van der Waals surface area contributed by atoms with Crippen molar-refractivity contribution in [2.24, 2.45) is 0 Å². The number of rotatable bonds is 2. The molecule has 1 radical (unpaired) electrons. The highest BCUT2D eigenvalue weighted by atomic mass is 16.2.